The number of aliphatic hydroxyl groups is 1. The third-order valence-corrected chi connectivity index (χ3v) is 2.36. The number of benzene rings is 1. The minimum atomic E-state index is -0.794. The smallest absolute Gasteiger partial charge is 0.330 e. The molecule has 1 atom stereocenters. The lowest BCUT2D eigenvalue weighted by atomic mass is 10.1. The van der Waals surface area contributed by atoms with Gasteiger partial charge in [-0.3, -0.25) is 0 Å². The molecule has 0 saturated heterocycles. The van der Waals surface area contributed by atoms with Gasteiger partial charge in [-0.15, -0.1) is 0 Å². The predicted octanol–water partition coefficient (Wildman–Crippen LogP) is 2.21. The van der Waals surface area contributed by atoms with Crippen LogP contribution in [0.15, 0.2) is 40.9 Å². The molecule has 80 valence electrons. The fraction of sp³-hybridized carbons (Fsp3) is 0.182. The molecule has 0 radical (unpaired) electrons. The third-order valence-electron chi connectivity index (χ3n) is 1.83. The summed E-state index contributed by atoms with van der Waals surface area (Å²) in [7, 11) is 1.29. The number of hydrogen-bond donors (Lipinski definition) is 1. The van der Waals surface area contributed by atoms with Crippen LogP contribution in [0.3, 0.4) is 0 Å². The first-order valence-electron chi connectivity index (χ1n) is 4.33. The molecule has 0 aromatic heterocycles. The minimum Gasteiger partial charge on any atom is -0.466 e. The van der Waals surface area contributed by atoms with Crippen molar-refractivity contribution in [3.8, 4) is 0 Å². The molecule has 1 aromatic carbocycles. The molecule has 1 aromatic rings. The Morgan fingerprint density at radius 3 is 2.60 bits per heavy atom. The Morgan fingerprint density at radius 2 is 2.07 bits per heavy atom. The molecule has 1 rings (SSSR count). The third kappa shape index (κ3) is 3.85. The van der Waals surface area contributed by atoms with E-state index >= 15 is 0 Å². The fourth-order valence-corrected chi connectivity index (χ4v) is 1.27. The second kappa shape index (κ2) is 5.68. The van der Waals surface area contributed by atoms with E-state index in [0.717, 1.165) is 10.0 Å². The van der Waals surface area contributed by atoms with Gasteiger partial charge in [0.2, 0.25) is 0 Å². The van der Waals surface area contributed by atoms with Gasteiger partial charge in [0.25, 0.3) is 0 Å². The number of methoxy groups -OCH3 is 1. The zero-order valence-corrected chi connectivity index (χ0v) is 9.77. The van der Waals surface area contributed by atoms with Gasteiger partial charge in [-0.25, -0.2) is 4.79 Å². The maximum Gasteiger partial charge on any atom is 0.330 e. The van der Waals surface area contributed by atoms with E-state index in [0.29, 0.717) is 0 Å². The zero-order valence-electron chi connectivity index (χ0n) is 8.18. The normalized spacial score (nSPS) is 12.7. The van der Waals surface area contributed by atoms with Crippen LogP contribution >= 0.6 is 15.9 Å². The largest absolute Gasteiger partial charge is 0.466 e. The van der Waals surface area contributed by atoms with Crippen LogP contribution in [0.25, 0.3) is 0 Å². The van der Waals surface area contributed by atoms with Crippen molar-refractivity contribution in [2.24, 2.45) is 0 Å². The lowest BCUT2D eigenvalue weighted by Gasteiger charge is -2.05. The SMILES string of the molecule is COC(=O)/C=C/[C@@H](O)c1ccc(Br)cc1. The summed E-state index contributed by atoms with van der Waals surface area (Å²) in [5.74, 6) is -0.480. The number of ether oxygens (including phenoxy) is 1. The van der Waals surface area contributed by atoms with Crippen molar-refractivity contribution in [2.45, 2.75) is 6.10 Å². The van der Waals surface area contributed by atoms with Crippen molar-refractivity contribution < 1.29 is 14.6 Å². The van der Waals surface area contributed by atoms with Gasteiger partial charge >= 0.3 is 5.97 Å². The molecule has 0 unspecified atom stereocenters. The van der Waals surface area contributed by atoms with Gasteiger partial charge in [0.1, 0.15) is 0 Å². The molecular weight excluding hydrogens is 260 g/mol. The first-order valence-corrected chi connectivity index (χ1v) is 5.12. The van der Waals surface area contributed by atoms with Crippen LogP contribution in [0.2, 0.25) is 0 Å². The standard InChI is InChI=1S/C11H11BrO3/c1-15-11(14)7-6-10(13)8-2-4-9(12)5-3-8/h2-7,10,13H,1H3/b7-6+/t10-/m1/s1. The summed E-state index contributed by atoms with van der Waals surface area (Å²) in [6.07, 6.45) is 1.79. The summed E-state index contributed by atoms with van der Waals surface area (Å²) in [5.41, 5.74) is 0.721. The monoisotopic (exact) mass is 270 g/mol. The van der Waals surface area contributed by atoms with Gasteiger partial charge in [-0.2, -0.15) is 0 Å². The quantitative estimate of drug-likeness (QED) is 0.677. The Kier molecular flexibility index (Phi) is 4.52. The van der Waals surface area contributed by atoms with Crippen molar-refractivity contribution in [2.75, 3.05) is 7.11 Å². The first-order chi connectivity index (χ1) is 7.13. The van der Waals surface area contributed by atoms with E-state index in [9.17, 15) is 9.90 Å². The first kappa shape index (κ1) is 11.9. The number of rotatable bonds is 3. The van der Waals surface area contributed by atoms with E-state index in [-0.39, 0.29) is 0 Å². The topological polar surface area (TPSA) is 46.5 Å². The summed E-state index contributed by atoms with van der Waals surface area (Å²) in [6.45, 7) is 0. The van der Waals surface area contributed by atoms with E-state index in [1.54, 1.807) is 12.1 Å². The Labute approximate surface area is 96.5 Å². The molecule has 0 spiro atoms. The van der Waals surface area contributed by atoms with Crippen LogP contribution in [-0.4, -0.2) is 18.2 Å². The zero-order chi connectivity index (χ0) is 11.3. The number of carbonyl (C=O) groups excluding carboxylic acids is 1. The molecule has 1 N–H and O–H groups in total. The van der Waals surface area contributed by atoms with E-state index in [4.69, 9.17) is 0 Å². The molecule has 0 bridgehead atoms. The Bertz CT molecular complexity index is 357. The summed E-state index contributed by atoms with van der Waals surface area (Å²) < 4.78 is 5.35. The van der Waals surface area contributed by atoms with E-state index < -0.39 is 12.1 Å². The Hall–Kier alpha value is -1.13. The number of aliphatic hydroxyl groups excluding tert-OH is 1. The molecule has 0 heterocycles. The molecule has 4 heteroatoms. The van der Waals surface area contributed by atoms with Crippen LogP contribution in [0.5, 0.6) is 0 Å². The highest BCUT2D eigenvalue weighted by molar-refractivity contribution is 9.10. The van der Waals surface area contributed by atoms with Crippen molar-refractivity contribution in [1.82, 2.24) is 0 Å². The van der Waals surface area contributed by atoms with Crippen molar-refractivity contribution >= 4 is 21.9 Å². The number of carbonyl (C=O) groups is 1. The Morgan fingerprint density at radius 1 is 1.47 bits per heavy atom. The van der Waals surface area contributed by atoms with E-state index in [2.05, 4.69) is 20.7 Å². The van der Waals surface area contributed by atoms with Gasteiger partial charge < -0.3 is 9.84 Å². The van der Waals surface area contributed by atoms with Gasteiger partial charge in [0.15, 0.2) is 0 Å². The molecule has 0 aliphatic rings. The van der Waals surface area contributed by atoms with Gasteiger partial charge in [-0.05, 0) is 23.8 Å². The fourth-order valence-electron chi connectivity index (χ4n) is 1.01. The number of hydrogen-bond acceptors (Lipinski definition) is 3. The predicted molar refractivity (Wildman–Crippen MR) is 60.3 cm³/mol. The average molecular weight is 271 g/mol. The summed E-state index contributed by atoms with van der Waals surface area (Å²) in [5, 5.41) is 9.65. The van der Waals surface area contributed by atoms with Crippen LogP contribution in [0.4, 0.5) is 0 Å². The van der Waals surface area contributed by atoms with Crippen LogP contribution in [-0.2, 0) is 9.53 Å². The van der Waals surface area contributed by atoms with Crippen LogP contribution in [0.1, 0.15) is 11.7 Å². The van der Waals surface area contributed by atoms with Gasteiger partial charge in [0.05, 0.1) is 13.2 Å². The van der Waals surface area contributed by atoms with E-state index in [1.165, 1.54) is 19.3 Å². The van der Waals surface area contributed by atoms with E-state index in [1.807, 2.05) is 12.1 Å². The molecule has 0 aliphatic carbocycles. The number of esters is 1. The van der Waals surface area contributed by atoms with Gasteiger partial charge in [-0.1, -0.05) is 28.1 Å². The lowest BCUT2D eigenvalue weighted by molar-refractivity contribution is -0.134. The lowest BCUT2D eigenvalue weighted by Crippen LogP contribution is -1.97. The van der Waals surface area contributed by atoms with Crippen LogP contribution in [0, 0.1) is 0 Å². The summed E-state index contributed by atoms with van der Waals surface area (Å²) >= 11 is 3.29. The molecule has 0 aliphatic heterocycles. The molecule has 0 fully saturated rings. The second-order valence-electron chi connectivity index (χ2n) is 2.88. The highest BCUT2D eigenvalue weighted by atomic mass is 79.9. The number of halogens is 1. The molecule has 0 saturated carbocycles. The summed E-state index contributed by atoms with van der Waals surface area (Å²) in [4.78, 5) is 10.8. The minimum absolute atomic E-state index is 0.480. The van der Waals surface area contributed by atoms with Crippen molar-refractivity contribution in [3.63, 3.8) is 0 Å². The maximum absolute atomic E-state index is 10.8. The highest BCUT2D eigenvalue weighted by Gasteiger charge is 2.03. The van der Waals surface area contributed by atoms with Crippen LogP contribution < -0.4 is 0 Å². The van der Waals surface area contributed by atoms with Crippen molar-refractivity contribution in [3.05, 3.63) is 46.5 Å². The summed E-state index contributed by atoms with van der Waals surface area (Å²) in [6, 6.07) is 7.20. The molecule has 0 amide bonds. The second-order valence-corrected chi connectivity index (χ2v) is 3.79. The van der Waals surface area contributed by atoms with Gasteiger partial charge in [0, 0.05) is 10.5 Å². The average Bonchev–Trinajstić information content (AvgIpc) is 2.26. The van der Waals surface area contributed by atoms with Crippen molar-refractivity contribution in [1.29, 1.82) is 0 Å². The molecule has 3 nitrogen and oxygen atoms in total. The Balaban J connectivity index is 2.68. The maximum atomic E-state index is 10.8. The molecular formula is C11H11BrO3. The highest BCUT2D eigenvalue weighted by Crippen LogP contribution is 2.17. The molecule has 15 heavy (non-hydrogen) atoms.